The highest BCUT2D eigenvalue weighted by Gasteiger charge is 2.36. The predicted molar refractivity (Wildman–Crippen MR) is 118 cm³/mol. The first kappa shape index (κ1) is 27.5. The molecule has 1 aromatic carbocycles. The van der Waals surface area contributed by atoms with Crippen molar-refractivity contribution in [2.45, 2.75) is 44.5 Å². The van der Waals surface area contributed by atoms with Crippen LogP contribution in [0.2, 0.25) is 0 Å². The number of carbonyl (C=O) groups excluding carboxylic acids is 3. The minimum atomic E-state index is -2.28. The van der Waals surface area contributed by atoms with E-state index in [1.54, 1.807) is 31.4 Å². The number of rotatable bonds is 15. The van der Waals surface area contributed by atoms with E-state index in [1.165, 1.54) is 0 Å². The van der Waals surface area contributed by atoms with Gasteiger partial charge in [-0.3, -0.25) is 15.3 Å². The van der Waals surface area contributed by atoms with Gasteiger partial charge in [0.15, 0.2) is 12.0 Å². The van der Waals surface area contributed by atoms with E-state index in [1.807, 2.05) is 19.9 Å². The van der Waals surface area contributed by atoms with Gasteiger partial charge in [-0.05, 0) is 24.3 Å². The summed E-state index contributed by atoms with van der Waals surface area (Å²) in [6.45, 7) is 4.79. The van der Waals surface area contributed by atoms with Crippen molar-refractivity contribution in [3.8, 4) is 0 Å². The molecule has 0 aliphatic rings. The number of carbonyl (C=O) groups is 3. The molecule has 10 heteroatoms. The van der Waals surface area contributed by atoms with Gasteiger partial charge in [0.1, 0.15) is 12.6 Å². The van der Waals surface area contributed by atoms with Gasteiger partial charge < -0.3 is 30.0 Å². The van der Waals surface area contributed by atoms with Gasteiger partial charge in [-0.2, -0.15) is 0 Å². The summed E-state index contributed by atoms with van der Waals surface area (Å²) in [7, 11) is 1.55. The van der Waals surface area contributed by atoms with Gasteiger partial charge in [-0.15, -0.1) is 0 Å². The van der Waals surface area contributed by atoms with Gasteiger partial charge in [0.2, 0.25) is 5.91 Å². The number of methoxy groups -OCH3 is 1. The van der Waals surface area contributed by atoms with Gasteiger partial charge in [0.25, 0.3) is 0 Å². The molecule has 0 radical (unpaired) electrons. The Morgan fingerprint density at radius 3 is 2.38 bits per heavy atom. The van der Waals surface area contributed by atoms with Crippen molar-refractivity contribution in [2.75, 3.05) is 33.5 Å². The van der Waals surface area contributed by atoms with Crippen LogP contribution in [0.15, 0.2) is 30.3 Å². The number of nitrogens with one attached hydrogen (secondary N) is 2. The maximum atomic E-state index is 12.9. The molecule has 2 amide bonds. The largest absolute Gasteiger partial charge is 0.447 e. The lowest BCUT2D eigenvalue weighted by Gasteiger charge is -2.30. The second kappa shape index (κ2) is 14.5. The van der Waals surface area contributed by atoms with Crippen LogP contribution in [-0.4, -0.2) is 74.7 Å². The van der Waals surface area contributed by atoms with E-state index < -0.39 is 29.8 Å². The molecule has 3 atom stereocenters. The van der Waals surface area contributed by atoms with Crippen LogP contribution in [0.1, 0.15) is 25.8 Å². The molecule has 1 aromatic rings. The van der Waals surface area contributed by atoms with E-state index in [2.05, 4.69) is 10.6 Å². The minimum Gasteiger partial charge on any atom is -0.447 e. The number of hydrogen-bond donors (Lipinski definition) is 4. The van der Waals surface area contributed by atoms with Crippen LogP contribution in [0.4, 0.5) is 4.79 Å². The third-order valence-electron chi connectivity index (χ3n) is 4.55. The number of alkyl carbamates (subject to hydrolysis) is 1. The average Bonchev–Trinajstić information content (AvgIpc) is 2.75. The Labute approximate surface area is 188 Å². The fourth-order valence-corrected chi connectivity index (χ4v) is 2.86. The molecule has 5 N–H and O–H groups in total. The summed E-state index contributed by atoms with van der Waals surface area (Å²) in [5.41, 5.74) is 4.20. The second-order valence-corrected chi connectivity index (χ2v) is 7.82. The van der Waals surface area contributed by atoms with Crippen molar-refractivity contribution in [1.29, 1.82) is 0 Å². The fourth-order valence-electron chi connectivity index (χ4n) is 2.86. The monoisotopic (exact) mass is 453 g/mol. The molecular formula is C22H35N3O7. The maximum Gasteiger partial charge on any atom is 0.407 e. The van der Waals surface area contributed by atoms with Crippen molar-refractivity contribution in [3.05, 3.63) is 35.9 Å². The highest BCUT2D eigenvalue weighted by molar-refractivity contribution is 5.86. The number of aldehydes is 1. The molecule has 0 aliphatic heterocycles. The third-order valence-corrected chi connectivity index (χ3v) is 4.55. The van der Waals surface area contributed by atoms with E-state index in [4.69, 9.17) is 19.9 Å². The molecule has 0 saturated heterocycles. The number of nitrogens with two attached hydrogens (primary N) is 1. The Balaban J connectivity index is 2.76. The normalized spacial score (nSPS) is 14.8. The van der Waals surface area contributed by atoms with Gasteiger partial charge in [0, 0.05) is 7.11 Å². The quantitative estimate of drug-likeness (QED) is 0.169. The Kier molecular flexibility index (Phi) is 12.5. The summed E-state index contributed by atoms with van der Waals surface area (Å²) in [4.78, 5) is 36.4. The topological polar surface area (TPSA) is 149 Å². The van der Waals surface area contributed by atoms with Crippen molar-refractivity contribution in [3.63, 3.8) is 0 Å². The molecular weight excluding hydrogens is 418 g/mol. The highest BCUT2D eigenvalue weighted by atomic mass is 16.6. The smallest absolute Gasteiger partial charge is 0.407 e. The van der Waals surface area contributed by atoms with Gasteiger partial charge >= 0.3 is 6.09 Å². The van der Waals surface area contributed by atoms with Crippen molar-refractivity contribution >= 4 is 18.3 Å². The van der Waals surface area contributed by atoms with Crippen molar-refractivity contribution in [1.82, 2.24) is 10.6 Å². The van der Waals surface area contributed by atoms with Crippen molar-refractivity contribution in [2.24, 2.45) is 11.7 Å². The van der Waals surface area contributed by atoms with Crippen LogP contribution in [0.3, 0.4) is 0 Å². The minimum absolute atomic E-state index is 0.00981. The molecule has 0 aliphatic carbocycles. The Bertz CT molecular complexity index is 698. The zero-order valence-electron chi connectivity index (χ0n) is 18.9. The summed E-state index contributed by atoms with van der Waals surface area (Å²) in [5.74, 6) is -0.516. The maximum absolute atomic E-state index is 12.9. The Hall–Kier alpha value is -2.53. The van der Waals surface area contributed by atoms with Gasteiger partial charge in [-0.25, -0.2) is 4.79 Å². The van der Waals surface area contributed by atoms with E-state index in [0.29, 0.717) is 19.6 Å². The molecule has 0 heterocycles. The Morgan fingerprint density at radius 2 is 1.78 bits per heavy atom. The second-order valence-electron chi connectivity index (χ2n) is 7.82. The van der Waals surface area contributed by atoms with Gasteiger partial charge in [-0.1, -0.05) is 44.2 Å². The molecule has 180 valence electrons. The molecule has 3 unspecified atom stereocenters. The lowest BCUT2D eigenvalue weighted by Crippen LogP contribution is -2.63. The van der Waals surface area contributed by atoms with Crippen LogP contribution in [-0.2, 0) is 30.2 Å². The number of amides is 2. The van der Waals surface area contributed by atoms with E-state index in [9.17, 15) is 19.5 Å². The van der Waals surface area contributed by atoms with E-state index in [-0.39, 0.29) is 31.8 Å². The SMILES string of the molecule is COCCOCCOC(=O)NC(CC(C)C)C(=O)NC(Cc1ccccc1)C(N)(O)C=O. The number of hydrogen-bond acceptors (Lipinski definition) is 8. The first-order chi connectivity index (χ1) is 15.2. The summed E-state index contributed by atoms with van der Waals surface area (Å²) < 4.78 is 15.1. The zero-order valence-corrected chi connectivity index (χ0v) is 18.9. The third kappa shape index (κ3) is 10.7. The molecule has 0 spiro atoms. The lowest BCUT2D eigenvalue weighted by atomic mass is 9.96. The summed E-state index contributed by atoms with van der Waals surface area (Å²) in [6, 6.07) is 6.94. The summed E-state index contributed by atoms with van der Waals surface area (Å²) >= 11 is 0. The van der Waals surface area contributed by atoms with Gasteiger partial charge in [0.05, 0.1) is 25.9 Å². The van der Waals surface area contributed by atoms with Crippen LogP contribution >= 0.6 is 0 Å². The zero-order chi connectivity index (χ0) is 24.0. The first-order valence-electron chi connectivity index (χ1n) is 10.5. The number of ether oxygens (including phenoxy) is 3. The summed E-state index contributed by atoms with van der Waals surface area (Å²) in [5, 5.41) is 15.4. The van der Waals surface area contributed by atoms with Crippen LogP contribution in [0.5, 0.6) is 0 Å². The fraction of sp³-hybridized carbons (Fsp3) is 0.591. The standard InChI is InChI=1S/C22H35N3O7/c1-16(2)13-18(24-21(28)32-12-11-31-10-9-30-3)20(27)25-19(22(23,29)15-26)14-17-7-5-4-6-8-17/h4-8,15-16,18-19,29H,9-14,23H2,1-3H3,(H,24,28)(H,25,27). The highest BCUT2D eigenvalue weighted by Crippen LogP contribution is 2.12. The molecule has 32 heavy (non-hydrogen) atoms. The first-order valence-corrected chi connectivity index (χ1v) is 10.5. The molecule has 0 saturated carbocycles. The lowest BCUT2D eigenvalue weighted by molar-refractivity contribution is -0.132. The van der Waals surface area contributed by atoms with Crippen LogP contribution in [0, 0.1) is 5.92 Å². The van der Waals surface area contributed by atoms with Crippen LogP contribution < -0.4 is 16.4 Å². The van der Waals surface area contributed by atoms with Crippen molar-refractivity contribution < 1.29 is 33.7 Å². The molecule has 0 fully saturated rings. The van der Waals surface area contributed by atoms with E-state index in [0.717, 1.165) is 5.56 Å². The summed E-state index contributed by atoms with van der Waals surface area (Å²) in [6.07, 6.45) is -0.161. The number of aliphatic hydroxyl groups is 1. The molecule has 0 bridgehead atoms. The molecule has 10 nitrogen and oxygen atoms in total. The Morgan fingerprint density at radius 1 is 1.12 bits per heavy atom. The molecule has 0 aromatic heterocycles. The molecule has 1 rings (SSSR count). The number of benzene rings is 1. The predicted octanol–water partition coefficient (Wildman–Crippen LogP) is 0.364. The van der Waals surface area contributed by atoms with E-state index >= 15 is 0 Å². The average molecular weight is 454 g/mol. The van der Waals surface area contributed by atoms with Crippen LogP contribution in [0.25, 0.3) is 0 Å².